The van der Waals surface area contributed by atoms with Crippen LogP contribution in [0.3, 0.4) is 0 Å². The van der Waals surface area contributed by atoms with Crippen LogP contribution in [0.5, 0.6) is 0 Å². The lowest BCUT2D eigenvalue weighted by molar-refractivity contribution is -0.120. The van der Waals surface area contributed by atoms with Crippen LogP contribution in [0.4, 0.5) is 11.4 Å². The van der Waals surface area contributed by atoms with Gasteiger partial charge >= 0.3 is 5.97 Å². The zero-order valence-electron chi connectivity index (χ0n) is 16.7. The van der Waals surface area contributed by atoms with Crippen molar-refractivity contribution in [2.75, 3.05) is 11.5 Å². The Morgan fingerprint density at radius 3 is 2.13 bits per heavy atom. The van der Waals surface area contributed by atoms with Crippen LogP contribution in [-0.2, 0) is 35.2 Å². The van der Waals surface area contributed by atoms with Crippen LogP contribution in [0.2, 0.25) is 0 Å². The third kappa shape index (κ3) is 3.54. The smallest absolute Gasteiger partial charge is 0.348 e. The number of ether oxygens (including phenoxy) is 1. The molecule has 0 unspecified atom stereocenters. The molecule has 1 amide bonds. The van der Waals surface area contributed by atoms with Crippen molar-refractivity contribution in [3.05, 3.63) is 81.0 Å². The summed E-state index contributed by atoms with van der Waals surface area (Å²) < 4.78 is 5.47. The number of rotatable bonds is 3. The molecule has 0 atom stereocenters. The Morgan fingerprint density at radius 2 is 1.47 bits per heavy atom. The summed E-state index contributed by atoms with van der Waals surface area (Å²) in [6, 6.07) is 17.9. The Balaban J connectivity index is 1.38. The maximum absolute atomic E-state index is 13.3. The Hall–Kier alpha value is -2.92. The fourth-order valence-corrected chi connectivity index (χ4v) is 5.55. The average Bonchev–Trinajstić information content (AvgIpc) is 3.14. The van der Waals surface area contributed by atoms with Crippen LogP contribution in [0.1, 0.15) is 44.1 Å². The molecule has 0 N–H and O–H groups in total. The van der Waals surface area contributed by atoms with Gasteiger partial charge in [0.15, 0.2) is 6.61 Å². The number of nitrogens with zero attached hydrogens (tertiary/aromatic N) is 1. The number of amides is 1. The van der Waals surface area contributed by atoms with Crippen molar-refractivity contribution in [1.29, 1.82) is 0 Å². The van der Waals surface area contributed by atoms with E-state index in [1.165, 1.54) is 34.6 Å². The predicted octanol–water partition coefficient (Wildman–Crippen LogP) is 5.25. The molecule has 0 saturated carbocycles. The summed E-state index contributed by atoms with van der Waals surface area (Å²) in [6.45, 7) is -0.274. The predicted molar refractivity (Wildman–Crippen MR) is 119 cm³/mol. The number of hydrogen-bond acceptors (Lipinski definition) is 4. The maximum atomic E-state index is 13.3. The van der Waals surface area contributed by atoms with E-state index in [0.29, 0.717) is 4.88 Å². The fraction of sp³-hybridized carbons (Fsp3) is 0.280. The van der Waals surface area contributed by atoms with E-state index < -0.39 is 5.97 Å². The van der Waals surface area contributed by atoms with Gasteiger partial charge in [-0.25, -0.2) is 4.79 Å². The van der Waals surface area contributed by atoms with Crippen molar-refractivity contribution in [1.82, 2.24) is 0 Å². The summed E-state index contributed by atoms with van der Waals surface area (Å²) in [4.78, 5) is 29.5. The van der Waals surface area contributed by atoms with Gasteiger partial charge in [-0.05, 0) is 73.4 Å². The number of benzene rings is 2. The standard InChI is InChI=1S/C25H23NO3S/c27-24(16-29-25(28)23-15-19-9-3-6-12-22(19)30-23)26-20-10-4-1-7-17(20)13-14-18-8-2-5-11-21(18)26/h1-2,4-5,7-8,10-11,15H,3,6,9,12-14,16H2. The molecule has 0 radical (unpaired) electrons. The van der Waals surface area contributed by atoms with E-state index in [1.54, 1.807) is 4.90 Å². The Bertz CT molecular complexity index is 1050. The molecule has 3 aromatic rings. The molecular formula is C25H23NO3S. The molecule has 0 saturated heterocycles. The molecule has 2 aliphatic rings. The normalized spacial score (nSPS) is 14.9. The minimum absolute atomic E-state index is 0.230. The Labute approximate surface area is 180 Å². The van der Waals surface area contributed by atoms with Crippen molar-refractivity contribution in [2.45, 2.75) is 38.5 Å². The molecule has 2 aromatic carbocycles. The summed E-state index contributed by atoms with van der Waals surface area (Å²) in [5, 5.41) is 0. The van der Waals surface area contributed by atoms with Gasteiger partial charge in [-0.1, -0.05) is 36.4 Å². The molecule has 5 rings (SSSR count). The summed E-state index contributed by atoms with van der Waals surface area (Å²) in [5.41, 5.74) is 5.25. The second-order valence-electron chi connectivity index (χ2n) is 7.83. The van der Waals surface area contributed by atoms with Gasteiger partial charge in [-0.15, -0.1) is 11.3 Å². The number of esters is 1. The molecule has 4 nitrogen and oxygen atoms in total. The second kappa shape index (κ2) is 8.07. The topological polar surface area (TPSA) is 46.6 Å². The third-order valence-corrected chi connectivity index (χ3v) is 7.12. The average molecular weight is 418 g/mol. The van der Waals surface area contributed by atoms with Gasteiger partial charge in [0.25, 0.3) is 5.91 Å². The highest BCUT2D eigenvalue weighted by atomic mass is 32.1. The van der Waals surface area contributed by atoms with Gasteiger partial charge in [-0.2, -0.15) is 0 Å². The van der Waals surface area contributed by atoms with Crippen molar-refractivity contribution < 1.29 is 14.3 Å². The molecular weight excluding hydrogens is 394 g/mol. The summed E-state index contributed by atoms with van der Waals surface area (Å²) in [6.07, 6.45) is 6.15. The van der Waals surface area contributed by atoms with Gasteiger partial charge in [0.2, 0.25) is 0 Å². The highest BCUT2D eigenvalue weighted by molar-refractivity contribution is 7.14. The van der Waals surface area contributed by atoms with E-state index >= 15 is 0 Å². The summed E-state index contributed by atoms with van der Waals surface area (Å²) >= 11 is 1.51. The quantitative estimate of drug-likeness (QED) is 0.547. The second-order valence-corrected chi connectivity index (χ2v) is 8.97. The molecule has 152 valence electrons. The van der Waals surface area contributed by atoms with Crippen molar-refractivity contribution in [3.8, 4) is 0 Å². The van der Waals surface area contributed by atoms with E-state index in [9.17, 15) is 9.59 Å². The van der Waals surface area contributed by atoms with Crippen LogP contribution in [0, 0.1) is 0 Å². The third-order valence-electron chi connectivity index (χ3n) is 5.90. The van der Waals surface area contributed by atoms with Crippen LogP contribution in [0.25, 0.3) is 0 Å². The highest BCUT2D eigenvalue weighted by Gasteiger charge is 2.27. The number of fused-ring (bicyclic) bond motifs is 3. The molecule has 1 aromatic heterocycles. The van der Waals surface area contributed by atoms with Gasteiger partial charge in [0.05, 0.1) is 11.4 Å². The van der Waals surface area contributed by atoms with Gasteiger partial charge in [0.1, 0.15) is 4.88 Å². The lowest BCUT2D eigenvalue weighted by Gasteiger charge is -2.24. The monoisotopic (exact) mass is 417 g/mol. The first-order valence-corrected chi connectivity index (χ1v) is 11.3. The lowest BCUT2D eigenvalue weighted by atomic mass is 9.99. The molecule has 1 aliphatic heterocycles. The first kappa shape index (κ1) is 19.1. The number of hydrogen-bond donors (Lipinski definition) is 0. The van der Waals surface area contributed by atoms with E-state index in [0.717, 1.165) is 48.2 Å². The Kier molecular flexibility index (Phi) is 5.13. The van der Waals surface area contributed by atoms with E-state index in [2.05, 4.69) is 12.1 Å². The van der Waals surface area contributed by atoms with Crippen molar-refractivity contribution in [3.63, 3.8) is 0 Å². The maximum Gasteiger partial charge on any atom is 0.348 e. The van der Waals surface area contributed by atoms with Crippen LogP contribution >= 0.6 is 11.3 Å². The molecule has 1 aliphatic carbocycles. The summed E-state index contributed by atoms with van der Waals surface area (Å²) in [7, 11) is 0. The number of thiophene rings is 1. The number of aryl methyl sites for hydroxylation is 4. The minimum Gasteiger partial charge on any atom is -0.451 e. The van der Waals surface area contributed by atoms with E-state index in [4.69, 9.17) is 4.74 Å². The van der Waals surface area contributed by atoms with Crippen molar-refractivity contribution in [2.24, 2.45) is 0 Å². The Morgan fingerprint density at radius 1 is 0.833 bits per heavy atom. The molecule has 5 heteroatoms. The highest BCUT2D eigenvalue weighted by Crippen LogP contribution is 2.36. The molecule has 30 heavy (non-hydrogen) atoms. The number of carbonyl (C=O) groups is 2. The first-order valence-electron chi connectivity index (χ1n) is 10.5. The van der Waals surface area contributed by atoms with Gasteiger partial charge < -0.3 is 4.74 Å². The number of anilines is 2. The van der Waals surface area contributed by atoms with Crippen LogP contribution in [-0.4, -0.2) is 18.5 Å². The zero-order valence-corrected chi connectivity index (χ0v) is 17.5. The molecule has 0 fully saturated rings. The van der Waals surface area contributed by atoms with Crippen molar-refractivity contribution >= 4 is 34.6 Å². The fourth-order valence-electron chi connectivity index (χ4n) is 4.40. The first-order chi connectivity index (χ1) is 14.7. The minimum atomic E-state index is -0.404. The van der Waals surface area contributed by atoms with Gasteiger partial charge in [-0.3, -0.25) is 9.69 Å². The molecule has 0 spiro atoms. The van der Waals surface area contributed by atoms with Gasteiger partial charge in [0, 0.05) is 4.88 Å². The van der Waals surface area contributed by atoms with E-state index in [-0.39, 0.29) is 12.5 Å². The number of carbonyl (C=O) groups excluding carboxylic acids is 2. The SMILES string of the molecule is O=C(OCC(=O)N1c2ccccc2CCc2ccccc21)c1cc2c(s1)CCCC2. The number of para-hydroxylation sites is 2. The van der Waals surface area contributed by atoms with E-state index in [1.807, 2.05) is 42.5 Å². The van der Waals surface area contributed by atoms with Crippen LogP contribution in [0.15, 0.2) is 54.6 Å². The largest absolute Gasteiger partial charge is 0.451 e. The zero-order chi connectivity index (χ0) is 20.5. The lowest BCUT2D eigenvalue weighted by Crippen LogP contribution is -2.31. The molecule has 2 heterocycles. The summed E-state index contributed by atoms with van der Waals surface area (Å²) in [5.74, 6) is -0.634. The molecule has 0 bridgehead atoms. The van der Waals surface area contributed by atoms with Crippen LogP contribution < -0.4 is 4.90 Å².